The van der Waals surface area contributed by atoms with E-state index in [0.717, 1.165) is 33.4 Å². The van der Waals surface area contributed by atoms with E-state index in [2.05, 4.69) is 47.0 Å². The molecule has 3 aromatic carbocycles. The van der Waals surface area contributed by atoms with E-state index in [1.165, 1.54) is 18.4 Å². The third-order valence-corrected chi connectivity index (χ3v) is 9.84. The summed E-state index contributed by atoms with van der Waals surface area (Å²) in [7, 11) is 1.38. The number of rotatable bonds is 10. The van der Waals surface area contributed by atoms with Crippen LogP contribution >= 0.6 is 23.1 Å². The standard InChI is InChI=1S/C32H28N4O6S2/c1-42-26(27(38)34-24-28(39)36-25(30(40)41)23(37)18-43-29(24)36)22-17-44-31(33-22)35-32(19-11-5-2-6-12-19,20-13-7-3-8-14-20)21-15-9-4-10-16-21/h2-17,24-26,29H,18H2,1H3,(H,33,35)(H,34,38)(H,40,41)/t24-,25?,26?,29+/m1/s1. The van der Waals surface area contributed by atoms with Gasteiger partial charge in [-0.2, -0.15) is 0 Å². The lowest BCUT2D eigenvalue weighted by Crippen LogP contribution is -2.76. The molecular weight excluding hydrogens is 601 g/mol. The fourth-order valence-electron chi connectivity index (χ4n) is 5.72. The van der Waals surface area contributed by atoms with E-state index < -0.39 is 52.7 Å². The number of hydrogen-bond acceptors (Lipinski definition) is 9. The zero-order valence-electron chi connectivity index (χ0n) is 23.5. The zero-order valence-corrected chi connectivity index (χ0v) is 25.1. The van der Waals surface area contributed by atoms with Crippen LogP contribution < -0.4 is 10.6 Å². The van der Waals surface area contributed by atoms with Gasteiger partial charge in [0, 0.05) is 12.5 Å². The largest absolute Gasteiger partial charge is 0.479 e. The highest BCUT2D eigenvalue weighted by Gasteiger charge is 2.58. The van der Waals surface area contributed by atoms with Crippen molar-refractivity contribution in [3.63, 3.8) is 0 Å². The first kappa shape index (κ1) is 29.5. The Morgan fingerprint density at radius 3 is 2.00 bits per heavy atom. The van der Waals surface area contributed by atoms with Gasteiger partial charge in [0.05, 0.1) is 11.4 Å². The fraction of sp³-hybridized carbons (Fsp3) is 0.219. The van der Waals surface area contributed by atoms with Crippen molar-refractivity contribution in [2.45, 2.75) is 29.1 Å². The van der Waals surface area contributed by atoms with Crippen LogP contribution in [0.25, 0.3) is 0 Å². The Bertz CT molecular complexity index is 1590. The number of anilines is 1. The number of hydrogen-bond donors (Lipinski definition) is 3. The first-order valence-corrected chi connectivity index (χ1v) is 15.7. The lowest BCUT2D eigenvalue weighted by Gasteiger charge is -2.51. The number of Topliss-reactive ketones (excluding diaryl/α,β-unsaturated/α-hetero) is 1. The molecule has 2 aliphatic heterocycles. The average Bonchev–Trinajstić information content (AvgIpc) is 3.51. The van der Waals surface area contributed by atoms with E-state index in [1.54, 1.807) is 5.38 Å². The number of ketones is 1. The van der Waals surface area contributed by atoms with Gasteiger partial charge in [-0.15, -0.1) is 23.1 Å². The molecule has 2 unspecified atom stereocenters. The quantitative estimate of drug-likeness (QED) is 0.137. The minimum atomic E-state index is -1.54. The second-order valence-corrected chi connectivity index (χ2v) is 12.3. The summed E-state index contributed by atoms with van der Waals surface area (Å²) in [5, 5.41) is 17.4. The summed E-state index contributed by atoms with van der Waals surface area (Å²) in [6.45, 7) is 0. The zero-order chi connectivity index (χ0) is 30.8. The van der Waals surface area contributed by atoms with Crippen molar-refractivity contribution < 1.29 is 29.0 Å². The number of carboxylic acid groups (broad SMARTS) is 1. The molecular formula is C32H28N4O6S2. The highest BCUT2D eigenvalue weighted by Crippen LogP contribution is 2.41. The third-order valence-electron chi connectivity index (χ3n) is 7.77. The van der Waals surface area contributed by atoms with Gasteiger partial charge in [0.15, 0.2) is 23.1 Å². The number of fused-ring (bicyclic) bond motifs is 1. The Labute approximate surface area is 261 Å². The van der Waals surface area contributed by atoms with Crippen LogP contribution in [0.4, 0.5) is 5.13 Å². The first-order chi connectivity index (χ1) is 21.3. The van der Waals surface area contributed by atoms with Crippen molar-refractivity contribution in [3.05, 3.63) is 119 Å². The summed E-state index contributed by atoms with van der Waals surface area (Å²) in [6, 6.07) is 27.6. The van der Waals surface area contributed by atoms with Crippen LogP contribution in [-0.2, 0) is 29.5 Å². The number of carboxylic acids is 1. The minimum absolute atomic E-state index is 0.0569. The Morgan fingerprint density at radius 2 is 1.50 bits per heavy atom. The molecule has 1 aromatic heterocycles. The van der Waals surface area contributed by atoms with Crippen LogP contribution in [0.3, 0.4) is 0 Å². The molecule has 4 atom stereocenters. The number of nitrogens with one attached hydrogen (secondary N) is 2. The molecule has 2 amide bonds. The van der Waals surface area contributed by atoms with Gasteiger partial charge in [-0.1, -0.05) is 91.0 Å². The fourth-order valence-corrected chi connectivity index (χ4v) is 7.76. The smallest absolute Gasteiger partial charge is 0.334 e. The van der Waals surface area contributed by atoms with Gasteiger partial charge >= 0.3 is 5.97 Å². The van der Waals surface area contributed by atoms with Crippen molar-refractivity contribution in [3.8, 4) is 0 Å². The third kappa shape index (κ3) is 5.14. The molecule has 3 heterocycles. The van der Waals surface area contributed by atoms with E-state index in [4.69, 9.17) is 9.72 Å². The molecule has 0 saturated carbocycles. The molecule has 12 heteroatoms. The number of carbonyl (C=O) groups excluding carboxylic acids is 3. The van der Waals surface area contributed by atoms with Crippen molar-refractivity contribution in [2.75, 3.05) is 18.2 Å². The van der Waals surface area contributed by atoms with E-state index in [-0.39, 0.29) is 5.75 Å². The molecule has 2 saturated heterocycles. The van der Waals surface area contributed by atoms with Gasteiger partial charge in [-0.3, -0.25) is 14.4 Å². The lowest BCUT2D eigenvalue weighted by atomic mass is 9.77. The topological polar surface area (TPSA) is 138 Å². The number of benzene rings is 3. The molecule has 0 aliphatic carbocycles. The van der Waals surface area contributed by atoms with Gasteiger partial charge in [0.1, 0.15) is 17.0 Å². The predicted octanol–water partition coefficient (Wildman–Crippen LogP) is 3.66. The molecule has 3 N–H and O–H groups in total. The molecule has 2 fully saturated rings. The lowest BCUT2D eigenvalue weighted by molar-refractivity contribution is -0.165. The van der Waals surface area contributed by atoms with Crippen LogP contribution in [0, 0.1) is 0 Å². The van der Waals surface area contributed by atoms with E-state index in [0.29, 0.717) is 10.8 Å². The number of thioether (sulfide) groups is 1. The highest BCUT2D eigenvalue weighted by atomic mass is 32.2. The van der Waals surface area contributed by atoms with Crippen LogP contribution in [0.15, 0.2) is 96.4 Å². The van der Waals surface area contributed by atoms with Gasteiger partial charge in [-0.05, 0) is 16.7 Å². The molecule has 0 bridgehead atoms. The number of amides is 2. The Morgan fingerprint density at radius 1 is 0.955 bits per heavy atom. The SMILES string of the molecule is COC(C(=O)N[C@@H]1C(=O)N2C(C(=O)O)C(=O)CS[C@@H]12)c1csc(NC(c2ccccc2)(c2ccccc2)c2ccccc2)n1. The monoisotopic (exact) mass is 628 g/mol. The van der Waals surface area contributed by atoms with Gasteiger partial charge in [-0.25, -0.2) is 9.78 Å². The van der Waals surface area contributed by atoms with Crippen LogP contribution in [-0.4, -0.2) is 68.9 Å². The molecule has 0 spiro atoms. The summed E-state index contributed by atoms with van der Waals surface area (Å²) in [5.74, 6) is -3.20. The first-order valence-electron chi connectivity index (χ1n) is 13.8. The second-order valence-electron chi connectivity index (χ2n) is 10.3. The molecule has 6 rings (SSSR count). The van der Waals surface area contributed by atoms with Crippen molar-refractivity contribution in [2.24, 2.45) is 0 Å². The van der Waals surface area contributed by atoms with E-state index >= 15 is 0 Å². The molecule has 224 valence electrons. The van der Waals surface area contributed by atoms with Crippen molar-refractivity contribution in [1.82, 2.24) is 15.2 Å². The number of ether oxygens (including phenoxy) is 1. The highest BCUT2D eigenvalue weighted by molar-refractivity contribution is 8.00. The maximum absolute atomic E-state index is 13.4. The van der Waals surface area contributed by atoms with E-state index in [9.17, 15) is 24.3 Å². The van der Waals surface area contributed by atoms with Gasteiger partial charge < -0.3 is 25.4 Å². The Hall–Kier alpha value is -4.52. The van der Waals surface area contributed by atoms with Crippen LogP contribution in [0.2, 0.25) is 0 Å². The predicted molar refractivity (Wildman–Crippen MR) is 166 cm³/mol. The average molecular weight is 629 g/mol. The summed E-state index contributed by atoms with van der Waals surface area (Å²) < 4.78 is 5.54. The van der Waals surface area contributed by atoms with Crippen LogP contribution in [0.1, 0.15) is 28.5 Å². The normalized spacial score (nSPS) is 20.3. The summed E-state index contributed by atoms with van der Waals surface area (Å²) in [4.78, 5) is 55.7. The maximum Gasteiger partial charge on any atom is 0.334 e. The number of methoxy groups -OCH3 is 1. The Balaban J connectivity index is 1.28. The minimum Gasteiger partial charge on any atom is -0.479 e. The number of thiazole rings is 1. The number of nitrogens with zero attached hydrogens (tertiary/aromatic N) is 2. The molecule has 0 radical (unpaired) electrons. The van der Waals surface area contributed by atoms with Crippen LogP contribution in [0.5, 0.6) is 0 Å². The molecule has 4 aromatic rings. The number of aromatic nitrogens is 1. The summed E-state index contributed by atoms with van der Waals surface area (Å²) >= 11 is 2.45. The number of β-lactam (4-membered cyclic amide) rings is 1. The summed E-state index contributed by atoms with van der Waals surface area (Å²) in [6.07, 6.45) is -1.13. The van der Waals surface area contributed by atoms with E-state index in [1.807, 2.05) is 54.6 Å². The van der Waals surface area contributed by atoms with Crippen molar-refractivity contribution in [1.29, 1.82) is 0 Å². The number of carbonyl (C=O) groups is 4. The molecule has 44 heavy (non-hydrogen) atoms. The Kier molecular flexibility index (Phi) is 8.21. The van der Waals surface area contributed by atoms with Gasteiger partial charge in [0.25, 0.3) is 5.91 Å². The summed E-state index contributed by atoms with van der Waals surface area (Å²) in [5.41, 5.74) is 2.50. The van der Waals surface area contributed by atoms with Crippen molar-refractivity contribution >= 4 is 51.8 Å². The maximum atomic E-state index is 13.4. The second kappa shape index (κ2) is 12.2. The van der Waals surface area contributed by atoms with Gasteiger partial charge in [0.2, 0.25) is 5.91 Å². The number of aliphatic carboxylic acids is 1. The molecule has 10 nitrogen and oxygen atoms in total. The molecule has 2 aliphatic rings.